The third-order valence-corrected chi connectivity index (χ3v) is 5.59. The van der Waals surface area contributed by atoms with Crippen molar-refractivity contribution in [2.24, 2.45) is 16.7 Å². The lowest BCUT2D eigenvalue weighted by Crippen LogP contribution is -2.45. The van der Waals surface area contributed by atoms with Crippen LogP contribution in [0.15, 0.2) is 0 Å². The Kier molecular flexibility index (Phi) is 1.34. The quantitative estimate of drug-likeness (QED) is 0.731. The highest BCUT2D eigenvalue weighted by Crippen LogP contribution is 2.77. The Bertz CT molecular complexity index is 546. The summed E-state index contributed by atoms with van der Waals surface area (Å²) < 4.78 is 62.2. The Morgan fingerprint density at radius 1 is 1.22 bits per heavy atom. The van der Waals surface area contributed by atoms with Crippen LogP contribution < -0.4 is 0 Å². The fourth-order valence-corrected chi connectivity index (χ4v) is 4.38. The summed E-state index contributed by atoms with van der Waals surface area (Å²) in [5.74, 6) is -3.09. The fourth-order valence-electron chi connectivity index (χ4n) is 4.38. The van der Waals surface area contributed by atoms with Crippen LogP contribution in [0.2, 0.25) is 0 Å². The summed E-state index contributed by atoms with van der Waals surface area (Å²) in [7, 11) is 0. The zero-order valence-electron chi connectivity index (χ0n) is 15.0. The first-order chi connectivity index (χ1) is 9.86. The number of hydrogen-bond acceptors (Lipinski definition) is 1. The molecule has 2 aliphatic heterocycles. The Hall–Kier alpha value is -0.180. The third kappa shape index (κ3) is 1.16. The van der Waals surface area contributed by atoms with Gasteiger partial charge in [-0.3, -0.25) is 4.90 Å². The summed E-state index contributed by atoms with van der Waals surface area (Å²) in [6.45, 7) is 1.89. The molecular formula is C15H23F2N. The minimum Gasteiger partial charge on any atom is -0.296 e. The van der Waals surface area contributed by atoms with Crippen LogP contribution in [-0.2, 0) is 0 Å². The van der Waals surface area contributed by atoms with E-state index >= 15 is 0 Å². The Labute approximate surface area is 114 Å². The molecule has 0 radical (unpaired) electrons. The minimum absolute atomic E-state index is 0.000972. The third-order valence-electron chi connectivity index (χ3n) is 5.59. The predicted molar refractivity (Wildman–Crippen MR) is 66.7 cm³/mol. The molecule has 18 heavy (non-hydrogen) atoms. The number of rotatable bonds is 2. The molecular weight excluding hydrogens is 232 g/mol. The second kappa shape index (κ2) is 2.94. The van der Waals surface area contributed by atoms with Crippen molar-refractivity contribution in [1.82, 2.24) is 4.90 Å². The van der Waals surface area contributed by atoms with E-state index in [4.69, 9.17) is 5.48 Å². The van der Waals surface area contributed by atoms with Gasteiger partial charge in [-0.1, -0.05) is 13.8 Å². The zero-order valence-corrected chi connectivity index (χ0v) is 11.0. The molecule has 0 unspecified atom stereocenters. The molecule has 0 amide bonds. The molecule has 4 rings (SSSR count). The Balaban J connectivity index is 1.88. The van der Waals surface area contributed by atoms with Gasteiger partial charge in [0.05, 0.1) is 5.41 Å². The highest BCUT2D eigenvalue weighted by molar-refractivity contribution is 5.29. The van der Waals surface area contributed by atoms with Crippen LogP contribution in [0.1, 0.15) is 57.8 Å². The SMILES string of the molecule is [2H]C1([2H])CC2(CC2)[C@@]2(C([2H])([2H])C(C)C)C[C@@]3(CN12)CC3(F)F. The van der Waals surface area contributed by atoms with E-state index in [1.54, 1.807) is 13.8 Å². The normalized spacial score (nSPS) is 54.1. The van der Waals surface area contributed by atoms with Crippen LogP contribution in [0.25, 0.3) is 0 Å². The molecule has 2 spiro atoms. The van der Waals surface area contributed by atoms with Crippen LogP contribution in [0.3, 0.4) is 0 Å². The van der Waals surface area contributed by atoms with Crippen molar-refractivity contribution in [3.05, 3.63) is 0 Å². The summed E-state index contributed by atoms with van der Waals surface area (Å²) in [5.41, 5.74) is -2.72. The lowest BCUT2D eigenvalue weighted by Gasteiger charge is -2.39. The van der Waals surface area contributed by atoms with Gasteiger partial charge in [-0.05, 0) is 49.9 Å². The zero-order chi connectivity index (χ0) is 16.4. The maximum Gasteiger partial charge on any atom is 0.255 e. The van der Waals surface area contributed by atoms with Crippen molar-refractivity contribution < 1.29 is 14.3 Å². The number of nitrogens with zero attached hydrogens (tertiary/aromatic N) is 1. The van der Waals surface area contributed by atoms with Gasteiger partial charge in [0.2, 0.25) is 0 Å². The average molecular weight is 259 g/mol. The van der Waals surface area contributed by atoms with Crippen LogP contribution in [0, 0.1) is 16.7 Å². The van der Waals surface area contributed by atoms with E-state index in [1.807, 2.05) is 0 Å². The summed E-state index contributed by atoms with van der Waals surface area (Å²) in [6, 6.07) is 0. The molecule has 102 valence electrons. The molecule has 1 nitrogen and oxygen atoms in total. The van der Waals surface area contributed by atoms with E-state index in [9.17, 15) is 8.78 Å². The van der Waals surface area contributed by atoms with Crippen LogP contribution in [0.5, 0.6) is 0 Å². The summed E-state index contributed by atoms with van der Waals surface area (Å²) >= 11 is 0. The molecule has 4 fully saturated rings. The highest BCUT2D eigenvalue weighted by atomic mass is 19.3. The van der Waals surface area contributed by atoms with Gasteiger partial charge < -0.3 is 0 Å². The first-order valence-corrected chi connectivity index (χ1v) is 7.02. The lowest BCUT2D eigenvalue weighted by molar-refractivity contribution is 0.0629. The van der Waals surface area contributed by atoms with E-state index in [0.717, 1.165) is 12.8 Å². The molecule has 0 N–H and O–H groups in total. The number of hydrogen-bond donors (Lipinski definition) is 0. The summed E-state index contributed by atoms with van der Waals surface area (Å²) in [4.78, 5) is 1.52. The summed E-state index contributed by atoms with van der Waals surface area (Å²) in [5, 5.41) is 0. The van der Waals surface area contributed by atoms with Gasteiger partial charge in [-0.15, -0.1) is 0 Å². The molecule has 0 aromatic rings. The number of halogens is 2. The molecule has 0 aromatic heterocycles. The second-order valence-electron chi connectivity index (χ2n) is 7.20. The average Bonchev–Trinajstić information content (AvgIpc) is 3.13. The van der Waals surface area contributed by atoms with Crippen molar-refractivity contribution in [2.45, 2.75) is 63.8 Å². The predicted octanol–water partition coefficient (Wildman–Crippen LogP) is 3.69. The van der Waals surface area contributed by atoms with E-state index in [2.05, 4.69) is 0 Å². The number of fused-ring (bicyclic) bond motifs is 2. The van der Waals surface area contributed by atoms with Gasteiger partial charge >= 0.3 is 0 Å². The second-order valence-corrected chi connectivity index (χ2v) is 7.20. The Morgan fingerprint density at radius 3 is 2.39 bits per heavy atom. The van der Waals surface area contributed by atoms with Crippen LogP contribution >= 0.6 is 0 Å². The molecule has 0 bridgehead atoms. The summed E-state index contributed by atoms with van der Waals surface area (Å²) in [6.07, 6.45) is 0.0352. The van der Waals surface area contributed by atoms with Crippen LogP contribution in [0.4, 0.5) is 8.78 Å². The van der Waals surface area contributed by atoms with Gasteiger partial charge in [0, 0.05) is 24.0 Å². The number of alkyl halides is 2. The molecule has 2 saturated heterocycles. The molecule has 2 aliphatic carbocycles. The van der Waals surface area contributed by atoms with Crippen LogP contribution in [-0.4, -0.2) is 29.4 Å². The van der Waals surface area contributed by atoms with Crippen molar-refractivity contribution in [3.63, 3.8) is 0 Å². The topological polar surface area (TPSA) is 3.24 Å². The minimum atomic E-state index is -2.76. The standard InChI is InChI=1S/C15H23F2N/c1-11(2)7-14-8-13(9-15(13,16)17)10-18(14)6-5-12(14)3-4-12/h11H,3-10H2,1-2H3/t13-,14+/m0/s1/i6D2,7D2. The molecule has 0 aromatic carbocycles. The molecule has 2 heterocycles. The lowest BCUT2D eigenvalue weighted by atomic mass is 9.72. The van der Waals surface area contributed by atoms with E-state index in [1.165, 1.54) is 4.90 Å². The van der Waals surface area contributed by atoms with Gasteiger partial charge in [0.15, 0.2) is 0 Å². The monoisotopic (exact) mass is 259 g/mol. The van der Waals surface area contributed by atoms with Crippen molar-refractivity contribution in [2.75, 3.05) is 13.0 Å². The van der Waals surface area contributed by atoms with Gasteiger partial charge in [-0.25, -0.2) is 8.78 Å². The molecule has 2 saturated carbocycles. The first-order valence-electron chi connectivity index (χ1n) is 9.02. The first kappa shape index (κ1) is 8.18. The van der Waals surface area contributed by atoms with Gasteiger partial charge in [0.1, 0.15) is 0 Å². The Morgan fingerprint density at radius 2 is 1.89 bits per heavy atom. The van der Waals surface area contributed by atoms with Gasteiger partial charge in [0.25, 0.3) is 5.92 Å². The fraction of sp³-hybridized carbons (Fsp3) is 1.00. The highest BCUT2D eigenvalue weighted by Gasteiger charge is 2.81. The smallest absolute Gasteiger partial charge is 0.255 e. The van der Waals surface area contributed by atoms with Crippen molar-refractivity contribution in [3.8, 4) is 0 Å². The molecule has 3 heteroatoms. The van der Waals surface area contributed by atoms with E-state index < -0.39 is 35.2 Å². The largest absolute Gasteiger partial charge is 0.296 e. The van der Waals surface area contributed by atoms with E-state index in [0.29, 0.717) is 0 Å². The van der Waals surface area contributed by atoms with Crippen molar-refractivity contribution >= 4 is 0 Å². The van der Waals surface area contributed by atoms with E-state index in [-0.39, 0.29) is 31.7 Å². The maximum absolute atomic E-state index is 14.0. The molecule has 2 atom stereocenters. The van der Waals surface area contributed by atoms with Gasteiger partial charge in [-0.2, -0.15) is 0 Å². The van der Waals surface area contributed by atoms with Crippen molar-refractivity contribution in [1.29, 1.82) is 0 Å². The molecule has 4 aliphatic rings. The maximum atomic E-state index is 14.0.